The predicted octanol–water partition coefficient (Wildman–Crippen LogP) is 5.07. The Kier molecular flexibility index (Phi) is 5.12. The molecule has 0 radical (unpaired) electrons. The smallest absolute Gasteiger partial charge is 0.257 e. The van der Waals surface area contributed by atoms with Crippen LogP contribution in [0.25, 0.3) is 0 Å². The van der Waals surface area contributed by atoms with Crippen molar-refractivity contribution in [3.63, 3.8) is 0 Å². The van der Waals surface area contributed by atoms with Crippen LogP contribution in [0, 0.1) is 0 Å². The van der Waals surface area contributed by atoms with Gasteiger partial charge in [0.25, 0.3) is 5.91 Å². The number of aromatic nitrogens is 1. The lowest BCUT2D eigenvalue weighted by atomic mass is 9.96. The van der Waals surface area contributed by atoms with E-state index >= 15 is 0 Å². The van der Waals surface area contributed by atoms with Crippen molar-refractivity contribution in [1.82, 2.24) is 5.16 Å². The number of anilines is 2. The molecule has 5 nitrogen and oxygen atoms in total. The minimum Gasteiger partial charge on any atom is -0.379 e. The van der Waals surface area contributed by atoms with Crippen LogP contribution in [0.2, 0.25) is 5.02 Å². The third-order valence-corrected chi connectivity index (χ3v) is 5.00. The van der Waals surface area contributed by atoms with E-state index in [-0.39, 0.29) is 5.91 Å². The van der Waals surface area contributed by atoms with Gasteiger partial charge in [0.2, 0.25) is 0 Å². The Labute approximate surface area is 162 Å². The van der Waals surface area contributed by atoms with Gasteiger partial charge < -0.3 is 15.2 Å². The lowest BCUT2D eigenvalue weighted by Gasteiger charge is -2.13. The summed E-state index contributed by atoms with van der Waals surface area (Å²) in [7, 11) is 0. The summed E-state index contributed by atoms with van der Waals surface area (Å²) in [6.07, 6.45) is 4.29. The van der Waals surface area contributed by atoms with Crippen LogP contribution in [-0.4, -0.2) is 11.1 Å². The van der Waals surface area contributed by atoms with Crippen molar-refractivity contribution in [2.24, 2.45) is 0 Å². The van der Waals surface area contributed by atoms with Crippen molar-refractivity contribution in [3.8, 4) is 0 Å². The Morgan fingerprint density at radius 2 is 1.85 bits per heavy atom. The highest BCUT2D eigenvalue weighted by Crippen LogP contribution is 2.25. The number of para-hydroxylation sites is 1. The summed E-state index contributed by atoms with van der Waals surface area (Å²) in [5.74, 6) is 0.828. The second kappa shape index (κ2) is 7.84. The van der Waals surface area contributed by atoms with E-state index in [0.29, 0.717) is 22.8 Å². The molecular weight excluding hydrogens is 362 g/mol. The Morgan fingerprint density at radius 3 is 2.70 bits per heavy atom. The molecule has 0 fully saturated rings. The molecule has 1 aromatic heterocycles. The average molecular weight is 382 g/mol. The van der Waals surface area contributed by atoms with E-state index in [2.05, 4.69) is 15.8 Å². The first-order chi connectivity index (χ1) is 13.2. The first-order valence-corrected chi connectivity index (χ1v) is 9.44. The SMILES string of the molecule is O=C(Nc1ccc(Cl)cc1)c1ccccc1NCc1noc2c1CCCC2. The molecule has 0 bridgehead atoms. The van der Waals surface area contributed by atoms with Gasteiger partial charge in [-0.2, -0.15) is 0 Å². The van der Waals surface area contributed by atoms with Crippen LogP contribution in [-0.2, 0) is 19.4 Å². The molecule has 0 atom stereocenters. The fraction of sp³-hybridized carbons (Fsp3) is 0.238. The summed E-state index contributed by atoms with van der Waals surface area (Å²) >= 11 is 5.89. The third kappa shape index (κ3) is 3.98. The van der Waals surface area contributed by atoms with Gasteiger partial charge in [-0.3, -0.25) is 4.79 Å². The topological polar surface area (TPSA) is 67.2 Å². The van der Waals surface area contributed by atoms with Crippen molar-refractivity contribution in [2.75, 3.05) is 10.6 Å². The van der Waals surface area contributed by atoms with E-state index in [1.165, 1.54) is 12.0 Å². The van der Waals surface area contributed by atoms with E-state index in [0.717, 1.165) is 36.4 Å². The molecule has 1 heterocycles. The van der Waals surface area contributed by atoms with Crippen LogP contribution >= 0.6 is 11.6 Å². The fourth-order valence-electron chi connectivity index (χ4n) is 3.33. The van der Waals surface area contributed by atoms with Gasteiger partial charge >= 0.3 is 0 Å². The van der Waals surface area contributed by atoms with E-state index in [9.17, 15) is 4.79 Å². The minimum atomic E-state index is -0.178. The molecule has 0 saturated carbocycles. The van der Waals surface area contributed by atoms with Crippen LogP contribution in [0.3, 0.4) is 0 Å². The number of halogens is 1. The molecule has 138 valence electrons. The Bertz CT molecular complexity index is 950. The molecule has 2 aromatic carbocycles. The highest BCUT2D eigenvalue weighted by Gasteiger charge is 2.19. The van der Waals surface area contributed by atoms with Crippen molar-refractivity contribution in [2.45, 2.75) is 32.2 Å². The molecular formula is C21H20ClN3O2. The molecule has 4 rings (SSSR count). The summed E-state index contributed by atoms with van der Waals surface area (Å²) in [5.41, 5.74) is 4.18. The fourth-order valence-corrected chi connectivity index (χ4v) is 3.46. The van der Waals surface area contributed by atoms with E-state index in [4.69, 9.17) is 16.1 Å². The first-order valence-electron chi connectivity index (χ1n) is 9.07. The molecule has 27 heavy (non-hydrogen) atoms. The summed E-state index contributed by atoms with van der Waals surface area (Å²) < 4.78 is 5.46. The molecule has 6 heteroatoms. The predicted molar refractivity (Wildman–Crippen MR) is 106 cm³/mol. The van der Waals surface area contributed by atoms with E-state index in [1.807, 2.05) is 18.2 Å². The molecule has 1 amide bonds. The van der Waals surface area contributed by atoms with Gasteiger partial charge in [0.05, 0.1) is 12.1 Å². The third-order valence-electron chi connectivity index (χ3n) is 4.75. The molecule has 1 aliphatic carbocycles. The number of nitrogens with zero attached hydrogens (tertiary/aromatic N) is 1. The molecule has 0 unspecified atom stereocenters. The molecule has 0 spiro atoms. The van der Waals surface area contributed by atoms with Crippen molar-refractivity contribution < 1.29 is 9.32 Å². The monoisotopic (exact) mass is 381 g/mol. The largest absolute Gasteiger partial charge is 0.379 e. The number of amides is 1. The number of benzene rings is 2. The number of nitrogens with one attached hydrogen (secondary N) is 2. The second-order valence-corrected chi connectivity index (χ2v) is 7.03. The normalized spacial score (nSPS) is 13.1. The van der Waals surface area contributed by atoms with Gasteiger partial charge in [-0.1, -0.05) is 28.9 Å². The molecule has 0 aliphatic heterocycles. The summed E-state index contributed by atoms with van der Waals surface area (Å²) in [4.78, 5) is 12.7. The number of carbonyl (C=O) groups is 1. The molecule has 0 saturated heterocycles. The molecule has 3 aromatic rings. The van der Waals surface area contributed by atoms with Crippen molar-refractivity contribution in [1.29, 1.82) is 0 Å². The molecule has 1 aliphatic rings. The van der Waals surface area contributed by atoms with Gasteiger partial charge in [-0.25, -0.2) is 0 Å². The number of rotatable bonds is 5. The van der Waals surface area contributed by atoms with Gasteiger partial charge in [-0.05, 0) is 55.7 Å². The van der Waals surface area contributed by atoms with Gasteiger partial charge in [0.15, 0.2) is 0 Å². The maximum absolute atomic E-state index is 12.7. The van der Waals surface area contributed by atoms with Crippen LogP contribution in [0.4, 0.5) is 11.4 Å². The van der Waals surface area contributed by atoms with E-state index in [1.54, 1.807) is 30.3 Å². The second-order valence-electron chi connectivity index (χ2n) is 6.60. The van der Waals surface area contributed by atoms with Crippen molar-refractivity contribution >= 4 is 28.9 Å². The van der Waals surface area contributed by atoms with Crippen LogP contribution < -0.4 is 10.6 Å². The maximum Gasteiger partial charge on any atom is 0.257 e. The standard InChI is InChI=1S/C21H20ClN3O2/c22-14-9-11-15(12-10-14)24-21(26)17-6-1-3-7-18(17)23-13-19-16-5-2-4-8-20(16)27-25-19/h1,3,6-7,9-12,23H,2,4-5,8,13H2,(H,24,26). The minimum absolute atomic E-state index is 0.178. The zero-order valence-electron chi connectivity index (χ0n) is 14.8. The van der Waals surface area contributed by atoms with Crippen LogP contribution in [0.1, 0.15) is 40.2 Å². The Morgan fingerprint density at radius 1 is 1.07 bits per heavy atom. The number of carbonyl (C=O) groups excluding carboxylic acids is 1. The lowest BCUT2D eigenvalue weighted by molar-refractivity contribution is 0.102. The first kappa shape index (κ1) is 17.6. The Balaban J connectivity index is 1.48. The van der Waals surface area contributed by atoms with Crippen LogP contribution in [0.15, 0.2) is 53.1 Å². The highest BCUT2D eigenvalue weighted by molar-refractivity contribution is 6.30. The van der Waals surface area contributed by atoms with Gasteiger partial charge in [0.1, 0.15) is 11.5 Å². The summed E-state index contributed by atoms with van der Waals surface area (Å²) in [6, 6.07) is 14.5. The number of fused-ring (bicyclic) bond motifs is 1. The maximum atomic E-state index is 12.7. The zero-order chi connectivity index (χ0) is 18.6. The quantitative estimate of drug-likeness (QED) is 0.647. The number of aryl methyl sites for hydroxylation is 1. The van der Waals surface area contributed by atoms with E-state index < -0.39 is 0 Å². The number of hydrogen-bond acceptors (Lipinski definition) is 4. The van der Waals surface area contributed by atoms with Gasteiger partial charge in [-0.15, -0.1) is 0 Å². The Hall–Kier alpha value is -2.79. The lowest BCUT2D eigenvalue weighted by Crippen LogP contribution is -2.15. The van der Waals surface area contributed by atoms with Gasteiger partial charge in [0, 0.05) is 28.4 Å². The van der Waals surface area contributed by atoms with Crippen LogP contribution in [0.5, 0.6) is 0 Å². The zero-order valence-corrected chi connectivity index (χ0v) is 15.6. The summed E-state index contributed by atoms with van der Waals surface area (Å²) in [5, 5.41) is 11.1. The molecule has 2 N–H and O–H groups in total. The highest BCUT2D eigenvalue weighted by atomic mass is 35.5. The average Bonchev–Trinajstić information content (AvgIpc) is 3.11. The summed E-state index contributed by atoms with van der Waals surface area (Å²) in [6.45, 7) is 0.532. The number of hydrogen-bond donors (Lipinski definition) is 2. The van der Waals surface area contributed by atoms with Crippen molar-refractivity contribution in [3.05, 3.63) is 76.1 Å².